The van der Waals surface area contributed by atoms with Gasteiger partial charge in [-0.25, -0.2) is 0 Å². The molecule has 0 aliphatic rings. The number of nitrogens with zero attached hydrogens (tertiary/aromatic N) is 5. The lowest BCUT2D eigenvalue weighted by Gasteiger charge is -2.15. The van der Waals surface area contributed by atoms with Crippen molar-refractivity contribution in [2.24, 2.45) is 0 Å². The number of hydrogen-bond acceptors (Lipinski definition) is 6. The van der Waals surface area contributed by atoms with Crippen LogP contribution in [0.3, 0.4) is 0 Å². The highest BCUT2D eigenvalue weighted by Gasteiger charge is 2.20. The maximum absolute atomic E-state index is 13.4. The summed E-state index contributed by atoms with van der Waals surface area (Å²) in [5, 5.41) is 24.2. The summed E-state index contributed by atoms with van der Waals surface area (Å²) >= 11 is 12.3. The Bertz CT molecular complexity index is 1600. The van der Waals surface area contributed by atoms with Crippen molar-refractivity contribution in [2.45, 2.75) is 19.5 Å². The molecule has 0 unspecified atom stereocenters. The van der Waals surface area contributed by atoms with Crippen molar-refractivity contribution < 1.29 is 9.59 Å². The number of tetrazole rings is 1. The molecule has 0 radical (unpaired) electrons. The number of nitrogens with one attached hydrogen (secondary N) is 3. The van der Waals surface area contributed by atoms with Gasteiger partial charge in [-0.05, 0) is 53.6 Å². The first-order valence-electron chi connectivity index (χ1n) is 11.9. The van der Waals surface area contributed by atoms with Gasteiger partial charge >= 0.3 is 0 Å². The lowest BCUT2D eigenvalue weighted by Crippen LogP contribution is -2.29. The number of benzene rings is 3. The van der Waals surface area contributed by atoms with Crippen LogP contribution in [0.5, 0.6) is 0 Å². The largest absolute Gasteiger partial charge is 0.344 e. The van der Waals surface area contributed by atoms with Crippen molar-refractivity contribution >= 4 is 41.0 Å². The van der Waals surface area contributed by atoms with Crippen LogP contribution in [0, 0.1) is 0 Å². The van der Waals surface area contributed by atoms with E-state index in [0.717, 1.165) is 16.7 Å². The zero-order valence-corrected chi connectivity index (χ0v) is 22.1. The van der Waals surface area contributed by atoms with E-state index in [1.807, 2.05) is 37.3 Å². The Morgan fingerprint density at radius 3 is 2.41 bits per heavy atom. The minimum absolute atomic E-state index is 0.0795. The first-order chi connectivity index (χ1) is 18.9. The zero-order valence-electron chi connectivity index (χ0n) is 20.6. The third-order valence-corrected chi connectivity index (χ3v) is 6.73. The van der Waals surface area contributed by atoms with Gasteiger partial charge in [0.2, 0.25) is 0 Å². The van der Waals surface area contributed by atoms with Gasteiger partial charge in [0.25, 0.3) is 17.8 Å². The molecule has 5 rings (SSSR count). The molecular weight excluding hydrogens is 539 g/mol. The highest BCUT2D eigenvalue weighted by molar-refractivity contribution is 6.42. The van der Waals surface area contributed by atoms with Gasteiger partial charge < -0.3 is 5.32 Å². The van der Waals surface area contributed by atoms with E-state index in [1.54, 1.807) is 53.2 Å². The minimum Gasteiger partial charge on any atom is -0.344 e. The Hall–Kier alpha value is -4.54. The summed E-state index contributed by atoms with van der Waals surface area (Å²) in [5.74, 6) is -0.573. The second-order valence-electron chi connectivity index (χ2n) is 8.69. The summed E-state index contributed by atoms with van der Waals surface area (Å²) in [5.41, 5.74) is 3.90. The molecular formula is C27H22Cl2N8O2. The van der Waals surface area contributed by atoms with E-state index < -0.39 is 0 Å². The van der Waals surface area contributed by atoms with Gasteiger partial charge in [-0.1, -0.05) is 76.8 Å². The lowest BCUT2D eigenvalue weighted by atomic mass is 10.1. The molecule has 2 heterocycles. The molecule has 0 spiro atoms. The molecule has 0 aliphatic heterocycles. The summed E-state index contributed by atoms with van der Waals surface area (Å²) in [6.45, 7) is 2.21. The molecule has 0 saturated carbocycles. The molecule has 0 aliphatic carbocycles. The summed E-state index contributed by atoms with van der Waals surface area (Å²) in [7, 11) is 0. The van der Waals surface area contributed by atoms with E-state index in [4.69, 9.17) is 28.3 Å². The summed E-state index contributed by atoms with van der Waals surface area (Å²) in [6, 6.07) is 23.3. The normalized spacial score (nSPS) is 11.7. The molecule has 10 nitrogen and oxygen atoms in total. The quantitative estimate of drug-likeness (QED) is 0.240. The van der Waals surface area contributed by atoms with Gasteiger partial charge in [0.15, 0.2) is 0 Å². The highest BCUT2D eigenvalue weighted by Crippen LogP contribution is 2.29. The van der Waals surface area contributed by atoms with Crippen molar-refractivity contribution in [1.29, 1.82) is 0 Å². The maximum Gasteiger partial charge on any atom is 0.270 e. The number of anilines is 1. The minimum atomic E-state index is -0.376. The number of H-pyrrole nitrogens is 1. The predicted molar refractivity (Wildman–Crippen MR) is 148 cm³/mol. The zero-order chi connectivity index (χ0) is 27.4. The Morgan fingerprint density at radius 1 is 0.949 bits per heavy atom. The molecule has 3 aromatic carbocycles. The number of rotatable bonds is 8. The summed E-state index contributed by atoms with van der Waals surface area (Å²) in [6.07, 6.45) is 0. The SMILES string of the molecule is C[C@@H](NC(=O)c1cc(-c2ccc(Cl)c(Cl)c2)nn1Cc1ccc(C(=O)Nc2nn[nH]n2)cc1)c1ccccc1. The average molecular weight is 561 g/mol. The molecule has 5 aromatic rings. The fourth-order valence-electron chi connectivity index (χ4n) is 3.94. The molecule has 0 saturated heterocycles. The molecule has 3 N–H and O–H groups in total. The lowest BCUT2D eigenvalue weighted by molar-refractivity contribution is 0.0929. The number of halogens is 2. The third kappa shape index (κ3) is 6.14. The second kappa shape index (κ2) is 11.5. The van der Waals surface area contributed by atoms with Crippen LogP contribution in [-0.4, -0.2) is 42.2 Å². The van der Waals surface area contributed by atoms with Gasteiger partial charge in [0, 0.05) is 11.1 Å². The molecule has 2 aromatic heterocycles. The Labute approximate surface area is 233 Å². The molecule has 2 amide bonds. The molecule has 196 valence electrons. The van der Waals surface area contributed by atoms with Crippen LogP contribution in [0.2, 0.25) is 10.0 Å². The highest BCUT2D eigenvalue weighted by atomic mass is 35.5. The fourth-order valence-corrected chi connectivity index (χ4v) is 4.23. The monoisotopic (exact) mass is 560 g/mol. The van der Waals surface area contributed by atoms with Crippen molar-refractivity contribution in [2.75, 3.05) is 5.32 Å². The van der Waals surface area contributed by atoms with Crippen LogP contribution in [0.15, 0.2) is 78.9 Å². The summed E-state index contributed by atoms with van der Waals surface area (Å²) < 4.78 is 1.62. The Morgan fingerprint density at radius 2 is 1.72 bits per heavy atom. The number of amides is 2. The third-order valence-electron chi connectivity index (χ3n) is 5.99. The molecule has 12 heteroatoms. The number of hydrogen-bond donors (Lipinski definition) is 3. The molecule has 39 heavy (non-hydrogen) atoms. The van der Waals surface area contributed by atoms with E-state index in [1.165, 1.54) is 0 Å². The first kappa shape index (κ1) is 26.1. The van der Waals surface area contributed by atoms with Crippen LogP contribution >= 0.6 is 23.2 Å². The number of carbonyl (C=O) groups is 2. The van der Waals surface area contributed by atoms with Gasteiger partial charge in [0.1, 0.15) is 5.69 Å². The van der Waals surface area contributed by atoms with Gasteiger partial charge in [-0.15, -0.1) is 5.10 Å². The van der Waals surface area contributed by atoms with Crippen molar-refractivity contribution in [1.82, 2.24) is 35.7 Å². The number of carbonyl (C=O) groups excluding carboxylic acids is 2. The van der Waals surface area contributed by atoms with E-state index in [9.17, 15) is 9.59 Å². The van der Waals surface area contributed by atoms with Gasteiger partial charge in [-0.2, -0.15) is 10.3 Å². The van der Waals surface area contributed by atoms with Crippen LogP contribution < -0.4 is 10.6 Å². The smallest absolute Gasteiger partial charge is 0.270 e. The van der Waals surface area contributed by atoms with Gasteiger partial charge in [-0.3, -0.25) is 19.6 Å². The van der Waals surface area contributed by atoms with Crippen LogP contribution in [0.25, 0.3) is 11.3 Å². The summed E-state index contributed by atoms with van der Waals surface area (Å²) in [4.78, 5) is 25.8. The topological polar surface area (TPSA) is 130 Å². The number of aromatic amines is 1. The van der Waals surface area contributed by atoms with Crippen molar-refractivity contribution in [3.63, 3.8) is 0 Å². The molecule has 0 bridgehead atoms. The van der Waals surface area contributed by atoms with Crippen molar-refractivity contribution in [3.05, 3.63) is 111 Å². The Kier molecular flexibility index (Phi) is 7.67. The van der Waals surface area contributed by atoms with Crippen LogP contribution in [-0.2, 0) is 6.54 Å². The molecule has 0 fully saturated rings. The second-order valence-corrected chi connectivity index (χ2v) is 9.51. The van der Waals surface area contributed by atoms with E-state index in [0.29, 0.717) is 27.0 Å². The van der Waals surface area contributed by atoms with E-state index >= 15 is 0 Å². The van der Waals surface area contributed by atoms with E-state index in [2.05, 4.69) is 31.3 Å². The fraction of sp³-hybridized carbons (Fsp3) is 0.111. The van der Waals surface area contributed by atoms with Crippen LogP contribution in [0.4, 0.5) is 5.95 Å². The maximum atomic E-state index is 13.4. The van der Waals surface area contributed by atoms with Gasteiger partial charge in [0.05, 0.1) is 28.3 Å². The van der Waals surface area contributed by atoms with Crippen LogP contribution in [0.1, 0.15) is 44.9 Å². The first-order valence-corrected chi connectivity index (χ1v) is 12.7. The molecule has 1 atom stereocenters. The standard InChI is InChI=1S/C27H22Cl2N8O2/c1-16(18-5-3-2-4-6-18)30-26(39)24-14-23(20-11-12-21(28)22(29)13-20)34-37(24)15-17-7-9-19(10-8-17)25(38)31-27-32-35-36-33-27/h2-14,16H,15H2,1H3,(H,30,39)(H2,31,32,33,35,36,38)/t16-/m1/s1. The van der Waals surface area contributed by atoms with Crippen molar-refractivity contribution in [3.8, 4) is 11.3 Å². The number of aromatic nitrogens is 6. The average Bonchev–Trinajstić information content (AvgIpc) is 3.61. The van der Waals surface area contributed by atoms with E-state index in [-0.39, 0.29) is 30.3 Å². The Balaban J connectivity index is 1.41. The predicted octanol–water partition coefficient (Wildman–Crippen LogP) is 5.16.